The van der Waals surface area contributed by atoms with Gasteiger partial charge < -0.3 is 25.0 Å². The van der Waals surface area contributed by atoms with E-state index in [4.69, 9.17) is 9.47 Å². The molecule has 3 amide bonds. The van der Waals surface area contributed by atoms with Crippen LogP contribution in [-0.2, 0) is 25.7 Å². The monoisotopic (exact) mass is 529 g/mol. The Hall–Kier alpha value is -3.65. The average Bonchev–Trinajstić information content (AvgIpc) is 3.59. The number of ether oxygens (including phenoxy) is 2. The van der Waals surface area contributed by atoms with Gasteiger partial charge in [-0.1, -0.05) is 61.7 Å². The fourth-order valence-corrected chi connectivity index (χ4v) is 6.77. The van der Waals surface area contributed by atoms with E-state index in [9.17, 15) is 14.4 Å². The van der Waals surface area contributed by atoms with Gasteiger partial charge in [0.25, 0.3) is 0 Å². The number of hydrogen-bond donors (Lipinski definition) is 2. The van der Waals surface area contributed by atoms with Crippen LogP contribution in [-0.4, -0.2) is 53.0 Å². The Labute approximate surface area is 228 Å². The van der Waals surface area contributed by atoms with Gasteiger partial charge in [-0.05, 0) is 49.6 Å². The number of nitrogens with zero attached hydrogens (tertiary/aromatic N) is 1. The van der Waals surface area contributed by atoms with Crippen molar-refractivity contribution < 1.29 is 23.9 Å². The zero-order valence-corrected chi connectivity index (χ0v) is 22.2. The molecule has 2 aromatic rings. The van der Waals surface area contributed by atoms with Gasteiger partial charge in [-0.2, -0.15) is 0 Å². The summed E-state index contributed by atoms with van der Waals surface area (Å²) in [5, 5.41) is 6.19. The molecule has 3 aliphatic heterocycles. The largest absolute Gasteiger partial charge is 0.494 e. The second-order valence-corrected chi connectivity index (χ2v) is 10.9. The first-order chi connectivity index (χ1) is 19.0. The second-order valence-electron chi connectivity index (χ2n) is 10.9. The Morgan fingerprint density at radius 2 is 1.77 bits per heavy atom. The van der Waals surface area contributed by atoms with Crippen LogP contribution in [0.2, 0.25) is 0 Å². The predicted octanol–water partition coefficient (Wildman–Crippen LogP) is 3.82. The maximum atomic E-state index is 14.1. The fourth-order valence-electron chi connectivity index (χ4n) is 6.77. The van der Waals surface area contributed by atoms with Crippen molar-refractivity contribution in [3.05, 3.63) is 72.3 Å². The van der Waals surface area contributed by atoms with E-state index in [2.05, 4.69) is 10.6 Å². The summed E-state index contributed by atoms with van der Waals surface area (Å²) in [6.45, 7) is 2.74. The number of anilines is 1. The van der Waals surface area contributed by atoms with Gasteiger partial charge >= 0.3 is 0 Å². The molecule has 5 atom stereocenters. The van der Waals surface area contributed by atoms with E-state index in [0.717, 1.165) is 37.0 Å². The Kier molecular flexibility index (Phi) is 6.89. The molecule has 2 N–H and O–H groups in total. The average molecular weight is 530 g/mol. The van der Waals surface area contributed by atoms with Crippen LogP contribution in [0.5, 0.6) is 5.75 Å². The summed E-state index contributed by atoms with van der Waals surface area (Å²) in [5.41, 5.74) is 0.366. The molecule has 8 nitrogen and oxygen atoms in total. The van der Waals surface area contributed by atoms with Gasteiger partial charge in [0.1, 0.15) is 17.4 Å². The lowest BCUT2D eigenvalue weighted by molar-refractivity contribution is -0.142. The number of fused-ring (bicyclic) bond motifs is 1. The van der Waals surface area contributed by atoms with Crippen LogP contribution in [0.3, 0.4) is 0 Å². The maximum Gasteiger partial charge on any atom is 0.246 e. The van der Waals surface area contributed by atoms with Gasteiger partial charge in [-0.25, -0.2) is 0 Å². The number of carbonyl (C=O) groups excluding carboxylic acids is 3. The smallest absolute Gasteiger partial charge is 0.246 e. The number of hydrogen-bond acceptors (Lipinski definition) is 5. The van der Waals surface area contributed by atoms with Crippen molar-refractivity contribution in [1.29, 1.82) is 0 Å². The first kappa shape index (κ1) is 25.6. The molecule has 39 heavy (non-hydrogen) atoms. The minimum absolute atomic E-state index is 0.0942. The third-order valence-corrected chi connectivity index (χ3v) is 8.51. The molecule has 2 saturated heterocycles. The summed E-state index contributed by atoms with van der Waals surface area (Å²) in [6, 6.07) is 16.0. The molecule has 0 aromatic heterocycles. The minimum atomic E-state index is -1.17. The first-order valence-corrected chi connectivity index (χ1v) is 14.1. The molecule has 1 saturated carbocycles. The van der Waals surface area contributed by atoms with Crippen molar-refractivity contribution in [2.45, 2.75) is 69.4 Å². The van der Waals surface area contributed by atoms with Crippen molar-refractivity contribution in [3.63, 3.8) is 0 Å². The molecular weight excluding hydrogens is 494 g/mol. The van der Waals surface area contributed by atoms with Crippen molar-refractivity contribution >= 4 is 23.4 Å². The van der Waals surface area contributed by atoms with Gasteiger partial charge in [-0.15, -0.1) is 0 Å². The van der Waals surface area contributed by atoms with E-state index in [0.29, 0.717) is 12.3 Å². The van der Waals surface area contributed by atoms with Crippen LogP contribution >= 0.6 is 0 Å². The molecule has 1 spiro atoms. The second kappa shape index (κ2) is 10.5. The van der Waals surface area contributed by atoms with E-state index < -0.39 is 29.6 Å². The number of rotatable bonds is 8. The van der Waals surface area contributed by atoms with Gasteiger partial charge in [0.15, 0.2) is 0 Å². The van der Waals surface area contributed by atoms with E-state index in [-0.39, 0.29) is 30.3 Å². The summed E-state index contributed by atoms with van der Waals surface area (Å²) >= 11 is 0. The summed E-state index contributed by atoms with van der Waals surface area (Å²) in [4.78, 5) is 43.3. The lowest BCUT2D eigenvalue weighted by Crippen LogP contribution is -2.56. The maximum absolute atomic E-state index is 14.1. The standard InChI is InChI=1S/C31H35N3O5/c1-2-38-23-15-13-22(14-16-23)32-28(35)25-24-17-18-31(39-24)26(25)30(37)34(19-20-9-5-3-6-10-20)27(31)29(36)33-21-11-7-4-8-12-21/h3,5-6,9-10,13-18,21,24-27H,2,4,7-8,11-12,19H2,1H3,(H,32,35)(H,33,36)/t24-,25-,26-,27+,31-/m0/s1. The van der Waals surface area contributed by atoms with Gasteiger partial charge in [-0.3, -0.25) is 14.4 Å². The lowest BCUT2D eigenvalue weighted by Gasteiger charge is -2.34. The lowest BCUT2D eigenvalue weighted by atomic mass is 9.74. The highest BCUT2D eigenvalue weighted by Crippen LogP contribution is 2.55. The first-order valence-electron chi connectivity index (χ1n) is 14.1. The van der Waals surface area contributed by atoms with Crippen LogP contribution in [0.4, 0.5) is 5.69 Å². The quantitative estimate of drug-likeness (QED) is 0.507. The van der Waals surface area contributed by atoms with Gasteiger partial charge in [0.2, 0.25) is 17.7 Å². The highest BCUT2D eigenvalue weighted by atomic mass is 16.5. The van der Waals surface area contributed by atoms with Crippen LogP contribution in [0.1, 0.15) is 44.6 Å². The molecule has 3 fully saturated rings. The molecule has 8 heteroatoms. The molecule has 2 aromatic carbocycles. The zero-order chi connectivity index (χ0) is 27.0. The molecular formula is C31H35N3O5. The SMILES string of the molecule is CCOc1ccc(NC(=O)[C@H]2[C@@H]3C=C[C@]4(O3)[C@@H]2C(=O)N(Cc2ccccc2)[C@@H]4C(=O)NC2CCCCC2)cc1. The molecule has 0 unspecified atom stereocenters. The minimum Gasteiger partial charge on any atom is -0.494 e. The van der Waals surface area contributed by atoms with E-state index >= 15 is 0 Å². The van der Waals surface area contributed by atoms with E-state index in [1.54, 1.807) is 29.2 Å². The van der Waals surface area contributed by atoms with Gasteiger partial charge in [0, 0.05) is 18.3 Å². The van der Waals surface area contributed by atoms with Crippen molar-refractivity contribution in [1.82, 2.24) is 10.2 Å². The van der Waals surface area contributed by atoms with Crippen LogP contribution in [0, 0.1) is 11.8 Å². The van der Waals surface area contributed by atoms with Crippen LogP contribution in [0.15, 0.2) is 66.7 Å². The van der Waals surface area contributed by atoms with E-state index in [1.165, 1.54) is 6.42 Å². The number of carbonyl (C=O) groups is 3. The molecule has 1 aliphatic carbocycles. The molecule has 0 radical (unpaired) electrons. The van der Waals surface area contributed by atoms with Crippen LogP contribution in [0.25, 0.3) is 0 Å². The molecule has 204 valence electrons. The predicted molar refractivity (Wildman–Crippen MR) is 146 cm³/mol. The summed E-state index contributed by atoms with van der Waals surface area (Å²) in [6.07, 6.45) is 8.37. The highest BCUT2D eigenvalue weighted by molar-refractivity contribution is 6.02. The van der Waals surface area contributed by atoms with E-state index in [1.807, 2.05) is 49.4 Å². The van der Waals surface area contributed by atoms with Gasteiger partial charge in [0.05, 0.1) is 24.5 Å². The number of benzene rings is 2. The zero-order valence-electron chi connectivity index (χ0n) is 22.2. The summed E-state index contributed by atoms with van der Waals surface area (Å²) in [7, 11) is 0. The molecule has 3 heterocycles. The Morgan fingerprint density at radius 1 is 1.03 bits per heavy atom. The van der Waals surface area contributed by atoms with Crippen molar-refractivity contribution in [2.24, 2.45) is 11.8 Å². The molecule has 2 bridgehead atoms. The number of amides is 3. The van der Waals surface area contributed by atoms with Crippen molar-refractivity contribution in [2.75, 3.05) is 11.9 Å². The molecule has 6 rings (SSSR count). The Morgan fingerprint density at radius 3 is 2.49 bits per heavy atom. The fraction of sp³-hybridized carbons (Fsp3) is 0.452. The Bertz CT molecular complexity index is 1260. The molecule has 4 aliphatic rings. The Balaban J connectivity index is 1.28. The summed E-state index contributed by atoms with van der Waals surface area (Å²) in [5.74, 6) is -1.51. The highest BCUT2D eigenvalue weighted by Gasteiger charge is 2.72. The number of likely N-dealkylation sites (tertiary alicyclic amines) is 1. The topological polar surface area (TPSA) is 97.0 Å². The normalized spacial score (nSPS) is 29.4. The van der Waals surface area contributed by atoms with Crippen molar-refractivity contribution in [3.8, 4) is 5.75 Å². The number of nitrogens with one attached hydrogen (secondary N) is 2. The van der Waals surface area contributed by atoms with Crippen LogP contribution < -0.4 is 15.4 Å². The summed E-state index contributed by atoms with van der Waals surface area (Å²) < 4.78 is 11.9. The third-order valence-electron chi connectivity index (χ3n) is 8.51. The third kappa shape index (κ3) is 4.61.